The Hall–Kier alpha value is -1.59. The van der Waals surface area contributed by atoms with Gasteiger partial charge in [-0.3, -0.25) is 9.69 Å². The molecule has 0 aliphatic carbocycles. The number of piperidine rings is 1. The largest absolute Gasteiger partial charge is 0.325 e. The number of urea groups is 1. The minimum absolute atomic E-state index is 0.144. The molecule has 0 bridgehead atoms. The van der Waals surface area contributed by atoms with Gasteiger partial charge in [-0.15, -0.1) is 0 Å². The summed E-state index contributed by atoms with van der Waals surface area (Å²) in [5, 5.41) is 6.63. The van der Waals surface area contributed by atoms with Gasteiger partial charge in [-0.1, -0.05) is 23.7 Å². The summed E-state index contributed by atoms with van der Waals surface area (Å²) in [6, 6.07) is 6.89. The number of carbonyl (C=O) groups is 2. The van der Waals surface area contributed by atoms with Crippen molar-refractivity contribution < 1.29 is 9.59 Å². The number of amides is 3. The van der Waals surface area contributed by atoms with Crippen LogP contribution >= 0.6 is 11.6 Å². The first-order valence-electron chi connectivity index (χ1n) is 6.70. The standard InChI is InChI=1S/C14H16ClN3O2/c15-11-4-1-3-10(7-11)8-18-12(19)14(17-13(18)20)5-2-6-16-9-14/h1,3-4,7,16H,2,5-6,8-9H2,(H,17,20)/t14-/m1/s1. The highest BCUT2D eigenvalue weighted by Gasteiger charge is 2.51. The van der Waals surface area contributed by atoms with Gasteiger partial charge >= 0.3 is 6.03 Å². The average Bonchev–Trinajstić information content (AvgIpc) is 2.64. The van der Waals surface area contributed by atoms with Crippen molar-refractivity contribution in [2.45, 2.75) is 24.9 Å². The van der Waals surface area contributed by atoms with E-state index >= 15 is 0 Å². The number of hydrogen-bond donors (Lipinski definition) is 2. The molecule has 2 fully saturated rings. The van der Waals surface area contributed by atoms with Crippen molar-refractivity contribution in [3.05, 3.63) is 34.9 Å². The van der Waals surface area contributed by atoms with Crippen molar-refractivity contribution in [2.24, 2.45) is 0 Å². The topological polar surface area (TPSA) is 61.4 Å². The number of imide groups is 1. The van der Waals surface area contributed by atoms with Crippen LogP contribution in [0.25, 0.3) is 0 Å². The van der Waals surface area contributed by atoms with Crippen LogP contribution in [0, 0.1) is 0 Å². The van der Waals surface area contributed by atoms with Gasteiger partial charge in [-0.25, -0.2) is 4.79 Å². The highest BCUT2D eigenvalue weighted by Crippen LogP contribution is 2.26. The Morgan fingerprint density at radius 3 is 2.90 bits per heavy atom. The highest BCUT2D eigenvalue weighted by atomic mass is 35.5. The SMILES string of the molecule is O=C1N[C@@]2(CCCNC2)C(=O)N1Cc1cccc(Cl)c1. The smallest absolute Gasteiger partial charge is 0.322 e. The molecule has 1 aromatic rings. The Labute approximate surface area is 122 Å². The summed E-state index contributed by atoms with van der Waals surface area (Å²) in [5.41, 5.74) is 0.0929. The van der Waals surface area contributed by atoms with Gasteiger partial charge < -0.3 is 10.6 Å². The van der Waals surface area contributed by atoms with E-state index in [-0.39, 0.29) is 18.5 Å². The third kappa shape index (κ3) is 2.27. The quantitative estimate of drug-likeness (QED) is 0.813. The highest BCUT2D eigenvalue weighted by molar-refractivity contribution is 6.30. The van der Waals surface area contributed by atoms with E-state index in [4.69, 9.17) is 11.6 Å². The summed E-state index contributed by atoms with van der Waals surface area (Å²) in [7, 11) is 0. The first-order valence-corrected chi connectivity index (χ1v) is 7.08. The summed E-state index contributed by atoms with van der Waals surface area (Å²) in [6.07, 6.45) is 1.58. The molecule has 0 saturated carbocycles. The Bertz CT molecular complexity index is 555. The van der Waals surface area contributed by atoms with Crippen molar-refractivity contribution >= 4 is 23.5 Å². The molecule has 2 heterocycles. The van der Waals surface area contributed by atoms with Crippen LogP contribution in [0.3, 0.4) is 0 Å². The normalized spacial score (nSPS) is 26.1. The number of halogens is 1. The molecule has 106 valence electrons. The number of nitrogens with zero attached hydrogens (tertiary/aromatic N) is 1. The number of carbonyl (C=O) groups excluding carboxylic acids is 2. The van der Waals surface area contributed by atoms with Gasteiger partial charge in [0, 0.05) is 11.6 Å². The van der Waals surface area contributed by atoms with Crippen molar-refractivity contribution in [2.75, 3.05) is 13.1 Å². The van der Waals surface area contributed by atoms with E-state index in [1.807, 2.05) is 12.1 Å². The predicted octanol–water partition coefficient (Wildman–Crippen LogP) is 1.51. The molecule has 6 heteroatoms. The molecule has 2 saturated heterocycles. The number of rotatable bonds is 2. The van der Waals surface area contributed by atoms with Crippen molar-refractivity contribution in [1.82, 2.24) is 15.5 Å². The molecule has 1 atom stereocenters. The third-order valence-electron chi connectivity index (χ3n) is 3.86. The summed E-state index contributed by atoms with van der Waals surface area (Å²) in [6.45, 7) is 1.65. The second-order valence-corrected chi connectivity index (χ2v) is 5.75. The molecule has 2 aliphatic rings. The maximum atomic E-state index is 12.6. The van der Waals surface area contributed by atoms with E-state index in [0.717, 1.165) is 18.5 Å². The van der Waals surface area contributed by atoms with E-state index in [9.17, 15) is 9.59 Å². The second-order valence-electron chi connectivity index (χ2n) is 5.31. The molecular formula is C14H16ClN3O2. The fraction of sp³-hybridized carbons (Fsp3) is 0.429. The Morgan fingerprint density at radius 1 is 1.35 bits per heavy atom. The molecule has 1 spiro atoms. The lowest BCUT2D eigenvalue weighted by Crippen LogP contribution is -2.57. The second kappa shape index (κ2) is 5.07. The van der Waals surface area contributed by atoms with Crippen LogP contribution in [0.2, 0.25) is 5.02 Å². The summed E-state index contributed by atoms with van der Waals surface area (Å²) in [4.78, 5) is 25.9. The molecule has 2 aliphatic heterocycles. The first kappa shape index (κ1) is 13.4. The lowest BCUT2D eigenvalue weighted by atomic mass is 9.90. The minimum Gasteiger partial charge on any atom is -0.322 e. The molecule has 20 heavy (non-hydrogen) atoms. The molecule has 5 nitrogen and oxygen atoms in total. The zero-order chi connectivity index (χ0) is 14.2. The lowest BCUT2D eigenvalue weighted by molar-refractivity contribution is -0.132. The Morgan fingerprint density at radius 2 is 2.20 bits per heavy atom. The molecular weight excluding hydrogens is 278 g/mol. The maximum Gasteiger partial charge on any atom is 0.325 e. The summed E-state index contributed by atoms with van der Waals surface area (Å²) >= 11 is 5.93. The number of nitrogens with one attached hydrogen (secondary N) is 2. The number of benzene rings is 1. The summed E-state index contributed by atoms with van der Waals surface area (Å²) in [5.74, 6) is -0.144. The zero-order valence-electron chi connectivity index (χ0n) is 11.0. The van der Waals surface area contributed by atoms with E-state index in [2.05, 4.69) is 10.6 Å². The number of hydrogen-bond acceptors (Lipinski definition) is 3. The minimum atomic E-state index is -0.756. The Kier molecular flexibility index (Phi) is 3.40. The molecule has 0 radical (unpaired) electrons. The Balaban J connectivity index is 1.80. The van der Waals surface area contributed by atoms with Crippen LogP contribution in [0.5, 0.6) is 0 Å². The van der Waals surface area contributed by atoms with E-state index in [1.165, 1.54) is 4.90 Å². The van der Waals surface area contributed by atoms with Gasteiger partial charge in [0.1, 0.15) is 5.54 Å². The molecule has 3 rings (SSSR count). The molecule has 2 N–H and O–H groups in total. The molecule has 0 unspecified atom stereocenters. The third-order valence-corrected chi connectivity index (χ3v) is 4.09. The van der Waals surface area contributed by atoms with Crippen LogP contribution in [0.15, 0.2) is 24.3 Å². The zero-order valence-corrected chi connectivity index (χ0v) is 11.7. The van der Waals surface area contributed by atoms with Gasteiger partial charge in [0.05, 0.1) is 6.54 Å². The maximum absolute atomic E-state index is 12.6. The van der Waals surface area contributed by atoms with Gasteiger partial charge in [0.15, 0.2) is 0 Å². The van der Waals surface area contributed by atoms with Crippen LogP contribution in [0.4, 0.5) is 4.79 Å². The van der Waals surface area contributed by atoms with Gasteiger partial charge in [0.2, 0.25) is 0 Å². The van der Waals surface area contributed by atoms with E-state index < -0.39 is 5.54 Å². The molecule has 0 aromatic heterocycles. The lowest BCUT2D eigenvalue weighted by Gasteiger charge is -2.31. The first-order chi connectivity index (χ1) is 9.61. The van der Waals surface area contributed by atoms with Crippen molar-refractivity contribution in [3.63, 3.8) is 0 Å². The van der Waals surface area contributed by atoms with E-state index in [1.54, 1.807) is 12.1 Å². The monoisotopic (exact) mass is 293 g/mol. The van der Waals surface area contributed by atoms with Gasteiger partial charge in [-0.2, -0.15) is 0 Å². The van der Waals surface area contributed by atoms with Crippen LogP contribution < -0.4 is 10.6 Å². The fourth-order valence-electron chi connectivity index (χ4n) is 2.83. The molecule has 3 amide bonds. The molecule has 1 aromatic carbocycles. The summed E-state index contributed by atoms with van der Waals surface area (Å²) < 4.78 is 0. The van der Waals surface area contributed by atoms with Gasteiger partial charge in [-0.05, 0) is 37.1 Å². The predicted molar refractivity (Wildman–Crippen MR) is 75.4 cm³/mol. The average molecular weight is 294 g/mol. The van der Waals surface area contributed by atoms with Crippen molar-refractivity contribution in [1.29, 1.82) is 0 Å². The van der Waals surface area contributed by atoms with Crippen LogP contribution in [-0.4, -0.2) is 35.5 Å². The van der Waals surface area contributed by atoms with Crippen molar-refractivity contribution in [3.8, 4) is 0 Å². The van der Waals surface area contributed by atoms with Crippen LogP contribution in [0.1, 0.15) is 18.4 Å². The van der Waals surface area contributed by atoms with E-state index in [0.29, 0.717) is 18.0 Å². The van der Waals surface area contributed by atoms with Crippen LogP contribution in [-0.2, 0) is 11.3 Å². The fourth-order valence-corrected chi connectivity index (χ4v) is 3.05. The van der Waals surface area contributed by atoms with Gasteiger partial charge in [0.25, 0.3) is 5.91 Å².